The third-order valence-electron chi connectivity index (χ3n) is 3.96. The Morgan fingerprint density at radius 1 is 1.50 bits per heavy atom. The van der Waals surface area contributed by atoms with Crippen molar-refractivity contribution in [3.05, 3.63) is 0 Å². The second-order valence-corrected chi connectivity index (χ2v) is 6.75. The molecule has 2 rings (SSSR count). The zero-order chi connectivity index (χ0) is 12.8. The number of unbranched alkanes of at least 4 members (excludes halogenated alkanes) is 1. The highest BCUT2D eigenvalue weighted by Crippen LogP contribution is 2.38. The Morgan fingerprint density at radius 2 is 2.39 bits per heavy atom. The van der Waals surface area contributed by atoms with E-state index in [1.807, 2.05) is 11.8 Å². The van der Waals surface area contributed by atoms with Crippen LogP contribution in [-0.4, -0.2) is 36.7 Å². The summed E-state index contributed by atoms with van der Waals surface area (Å²) < 4.78 is 5.05. The number of methoxy groups -OCH3 is 1. The number of amidine groups is 1. The van der Waals surface area contributed by atoms with Gasteiger partial charge in [0.05, 0.1) is 0 Å². The van der Waals surface area contributed by atoms with Crippen LogP contribution in [0, 0.1) is 5.92 Å². The molecule has 18 heavy (non-hydrogen) atoms. The third-order valence-corrected chi connectivity index (χ3v) is 5.16. The van der Waals surface area contributed by atoms with E-state index in [-0.39, 0.29) is 0 Å². The number of hydrogen-bond donors (Lipinski definition) is 1. The highest BCUT2D eigenvalue weighted by Gasteiger charge is 2.40. The number of hydrogen-bond acceptors (Lipinski definition) is 3. The lowest BCUT2D eigenvalue weighted by molar-refractivity contribution is 0.193. The Morgan fingerprint density at radius 3 is 3.17 bits per heavy atom. The SMILES string of the molecule is COCCCCN=C1NC2(CCCC(C)C2)CS1. The number of aliphatic imine (C=N–C) groups is 1. The molecule has 0 bridgehead atoms. The van der Waals surface area contributed by atoms with Crippen molar-refractivity contribution in [3.8, 4) is 0 Å². The van der Waals surface area contributed by atoms with Gasteiger partial charge >= 0.3 is 0 Å². The smallest absolute Gasteiger partial charge is 0.157 e. The average Bonchev–Trinajstić information content (AvgIpc) is 2.72. The molecule has 1 spiro atoms. The minimum atomic E-state index is 0.369. The van der Waals surface area contributed by atoms with Crippen LogP contribution in [0.5, 0.6) is 0 Å². The predicted octanol–water partition coefficient (Wildman–Crippen LogP) is 3.05. The average molecular weight is 270 g/mol. The van der Waals surface area contributed by atoms with Gasteiger partial charge in [-0.3, -0.25) is 4.99 Å². The summed E-state index contributed by atoms with van der Waals surface area (Å²) in [6, 6.07) is 0. The minimum absolute atomic E-state index is 0.369. The van der Waals surface area contributed by atoms with E-state index in [0.29, 0.717) is 5.54 Å². The monoisotopic (exact) mass is 270 g/mol. The van der Waals surface area contributed by atoms with Crippen LogP contribution in [0.1, 0.15) is 45.4 Å². The molecule has 104 valence electrons. The van der Waals surface area contributed by atoms with Crippen LogP contribution in [0.15, 0.2) is 4.99 Å². The zero-order valence-corrected chi connectivity index (χ0v) is 12.5. The maximum absolute atomic E-state index is 5.05. The first-order valence-electron chi connectivity index (χ1n) is 7.18. The van der Waals surface area contributed by atoms with Gasteiger partial charge in [0.2, 0.25) is 0 Å². The second-order valence-electron chi connectivity index (χ2n) is 5.78. The summed E-state index contributed by atoms with van der Waals surface area (Å²) in [6.45, 7) is 4.17. The molecule has 0 aromatic heterocycles. The normalized spacial score (nSPS) is 34.1. The van der Waals surface area contributed by atoms with Crippen LogP contribution in [-0.2, 0) is 4.74 Å². The van der Waals surface area contributed by atoms with E-state index in [4.69, 9.17) is 4.74 Å². The number of nitrogens with one attached hydrogen (secondary N) is 1. The largest absolute Gasteiger partial charge is 0.385 e. The molecule has 1 heterocycles. The number of rotatable bonds is 5. The van der Waals surface area contributed by atoms with Crippen molar-refractivity contribution in [1.29, 1.82) is 0 Å². The van der Waals surface area contributed by atoms with Crippen LogP contribution >= 0.6 is 11.8 Å². The number of thioether (sulfide) groups is 1. The standard InChI is InChI=1S/C14H26N2OS/c1-12-6-5-7-14(10-12)11-18-13(16-14)15-8-3-4-9-17-2/h12H,3-11H2,1-2H3,(H,15,16). The molecule has 2 aliphatic rings. The van der Waals surface area contributed by atoms with Gasteiger partial charge in [0, 0.05) is 31.6 Å². The van der Waals surface area contributed by atoms with Gasteiger partial charge in [-0.1, -0.05) is 31.5 Å². The molecule has 0 aromatic rings. The molecule has 2 fully saturated rings. The van der Waals surface area contributed by atoms with Crippen molar-refractivity contribution in [1.82, 2.24) is 5.32 Å². The summed E-state index contributed by atoms with van der Waals surface area (Å²) >= 11 is 1.92. The summed E-state index contributed by atoms with van der Waals surface area (Å²) in [5, 5.41) is 4.89. The summed E-state index contributed by atoms with van der Waals surface area (Å²) in [6.07, 6.45) is 7.66. The lowest BCUT2D eigenvalue weighted by atomic mass is 9.78. The summed E-state index contributed by atoms with van der Waals surface area (Å²) in [4.78, 5) is 4.68. The van der Waals surface area contributed by atoms with Gasteiger partial charge in [-0.2, -0.15) is 0 Å². The molecule has 2 atom stereocenters. The molecule has 1 aliphatic heterocycles. The molecular formula is C14H26N2OS. The van der Waals surface area contributed by atoms with Crippen molar-refractivity contribution in [2.24, 2.45) is 10.9 Å². The lowest BCUT2D eigenvalue weighted by Crippen LogP contribution is -2.47. The molecule has 2 unspecified atom stereocenters. The molecule has 1 saturated heterocycles. The maximum atomic E-state index is 5.05. The van der Waals surface area contributed by atoms with Gasteiger partial charge in [-0.05, 0) is 31.6 Å². The highest BCUT2D eigenvalue weighted by molar-refractivity contribution is 8.14. The molecule has 0 radical (unpaired) electrons. The van der Waals surface area contributed by atoms with Crippen molar-refractivity contribution < 1.29 is 4.74 Å². The predicted molar refractivity (Wildman–Crippen MR) is 79.4 cm³/mol. The molecule has 3 nitrogen and oxygen atoms in total. The van der Waals surface area contributed by atoms with Gasteiger partial charge in [-0.25, -0.2) is 0 Å². The lowest BCUT2D eigenvalue weighted by Gasteiger charge is -2.36. The summed E-state index contributed by atoms with van der Waals surface area (Å²) in [7, 11) is 1.76. The fourth-order valence-corrected chi connectivity index (χ4v) is 4.25. The fraction of sp³-hybridized carbons (Fsp3) is 0.929. The Balaban J connectivity index is 1.75. The van der Waals surface area contributed by atoms with Gasteiger partial charge < -0.3 is 10.1 Å². The van der Waals surface area contributed by atoms with Gasteiger partial charge in [0.25, 0.3) is 0 Å². The van der Waals surface area contributed by atoms with Crippen molar-refractivity contribution >= 4 is 16.9 Å². The Labute approximate surface area is 115 Å². The van der Waals surface area contributed by atoms with E-state index in [1.54, 1.807) is 7.11 Å². The summed E-state index contributed by atoms with van der Waals surface area (Å²) in [5.74, 6) is 2.08. The van der Waals surface area contributed by atoms with Crippen LogP contribution in [0.2, 0.25) is 0 Å². The van der Waals surface area contributed by atoms with E-state index in [1.165, 1.54) is 36.6 Å². The molecule has 4 heteroatoms. The molecular weight excluding hydrogens is 244 g/mol. The third kappa shape index (κ3) is 3.89. The first-order chi connectivity index (χ1) is 8.74. The van der Waals surface area contributed by atoms with Gasteiger partial charge in [0.15, 0.2) is 5.17 Å². The second kappa shape index (κ2) is 6.80. The van der Waals surface area contributed by atoms with E-state index < -0.39 is 0 Å². The highest BCUT2D eigenvalue weighted by atomic mass is 32.2. The Hall–Kier alpha value is -0.220. The molecule has 0 aromatic carbocycles. The number of nitrogens with zero attached hydrogens (tertiary/aromatic N) is 1. The molecule has 1 N–H and O–H groups in total. The van der Waals surface area contributed by atoms with Crippen LogP contribution in [0.25, 0.3) is 0 Å². The van der Waals surface area contributed by atoms with E-state index in [9.17, 15) is 0 Å². The van der Waals surface area contributed by atoms with Crippen molar-refractivity contribution in [2.75, 3.05) is 26.0 Å². The van der Waals surface area contributed by atoms with Crippen LogP contribution in [0.3, 0.4) is 0 Å². The maximum Gasteiger partial charge on any atom is 0.157 e. The van der Waals surface area contributed by atoms with Crippen LogP contribution in [0.4, 0.5) is 0 Å². The van der Waals surface area contributed by atoms with E-state index in [2.05, 4.69) is 17.2 Å². The van der Waals surface area contributed by atoms with E-state index in [0.717, 1.165) is 31.9 Å². The topological polar surface area (TPSA) is 33.6 Å². The first-order valence-corrected chi connectivity index (χ1v) is 8.17. The molecule has 1 aliphatic carbocycles. The van der Waals surface area contributed by atoms with Gasteiger partial charge in [0.1, 0.15) is 0 Å². The fourth-order valence-electron chi connectivity index (χ4n) is 3.03. The van der Waals surface area contributed by atoms with Crippen LogP contribution < -0.4 is 5.32 Å². The zero-order valence-electron chi connectivity index (χ0n) is 11.7. The minimum Gasteiger partial charge on any atom is -0.385 e. The molecule has 1 saturated carbocycles. The van der Waals surface area contributed by atoms with Crippen molar-refractivity contribution in [2.45, 2.75) is 51.0 Å². The Bertz CT molecular complexity index is 296. The van der Waals surface area contributed by atoms with Crippen molar-refractivity contribution in [3.63, 3.8) is 0 Å². The quantitative estimate of drug-likeness (QED) is 0.780. The first kappa shape index (κ1) is 14.2. The Kier molecular flexibility index (Phi) is 5.37. The summed E-state index contributed by atoms with van der Waals surface area (Å²) in [5.41, 5.74) is 0.369. The van der Waals surface area contributed by atoms with E-state index >= 15 is 0 Å². The van der Waals surface area contributed by atoms with Gasteiger partial charge in [-0.15, -0.1) is 0 Å². The number of ether oxygens (including phenoxy) is 1. The molecule has 0 amide bonds.